The second kappa shape index (κ2) is 6.27. The highest BCUT2D eigenvalue weighted by atomic mass is 16.2. The van der Waals surface area contributed by atoms with Crippen LogP contribution < -0.4 is 5.73 Å². The molecule has 124 valence electrons. The fourth-order valence-corrected chi connectivity index (χ4v) is 4.88. The van der Waals surface area contributed by atoms with E-state index in [0.717, 1.165) is 25.4 Å². The summed E-state index contributed by atoms with van der Waals surface area (Å²) in [5.74, 6) is 2.48. The fourth-order valence-electron chi connectivity index (χ4n) is 4.88. The zero-order chi connectivity index (χ0) is 15.8. The van der Waals surface area contributed by atoms with Crippen LogP contribution in [0.5, 0.6) is 0 Å². The summed E-state index contributed by atoms with van der Waals surface area (Å²) in [6.45, 7) is 1.53. The lowest BCUT2D eigenvalue weighted by molar-refractivity contribution is -0.132. The highest BCUT2D eigenvalue weighted by Gasteiger charge is 2.50. The van der Waals surface area contributed by atoms with Gasteiger partial charge in [-0.15, -0.1) is 0 Å². The monoisotopic (exact) mass is 312 g/mol. The van der Waals surface area contributed by atoms with Gasteiger partial charge in [0.15, 0.2) is 0 Å². The van der Waals surface area contributed by atoms with Crippen LogP contribution in [0.25, 0.3) is 0 Å². The molecule has 1 aromatic rings. The Morgan fingerprint density at radius 1 is 1.04 bits per heavy atom. The molecule has 0 spiro atoms. The van der Waals surface area contributed by atoms with Gasteiger partial charge in [-0.05, 0) is 23.8 Å². The summed E-state index contributed by atoms with van der Waals surface area (Å²) in [4.78, 5) is 14.9. The maximum atomic E-state index is 12.9. The molecule has 4 atom stereocenters. The second-order valence-corrected chi connectivity index (χ2v) is 7.83. The molecular formula is C20H28N2O. The van der Waals surface area contributed by atoms with Crippen LogP contribution in [0.15, 0.2) is 30.3 Å². The Morgan fingerprint density at radius 3 is 2.52 bits per heavy atom. The van der Waals surface area contributed by atoms with Crippen LogP contribution in [0.4, 0.5) is 0 Å². The van der Waals surface area contributed by atoms with Crippen LogP contribution in [0, 0.1) is 17.8 Å². The number of likely N-dealkylation sites (tertiary alicyclic amines) is 1. The first kappa shape index (κ1) is 15.2. The predicted octanol–water partition coefficient (Wildman–Crippen LogP) is 3.16. The maximum Gasteiger partial charge on any atom is 0.226 e. The van der Waals surface area contributed by atoms with Crippen molar-refractivity contribution in [1.29, 1.82) is 0 Å². The van der Waals surface area contributed by atoms with Gasteiger partial charge in [0.2, 0.25) is 5.91 Å². The van der Waals surface area contributed by atoms with Gasteiger partial charge in [0.05, 0.1) is 0 Å². The predicted molar refractivity (Wildman–Crippen MR) is 91.9 cm³/mol. The summed E-state index contributed by atoms with van der Waals surface area (Å²) in [6, 6.07) is 10.5. The number of nitrogens with two attached hydrogens (primary N) is 1. The van der Waals surface area contributed by atoms with E-state index in [2.05, 4.69) is 29.2 Å². The average molecular weight is 312 g/mol. The second-order valence-electron chi connectivity index (χ2n) is 7.83. The number of nitrogens with zero attached hydrogens (tertiary/aromatic N) is 1. The van der Waals surface area contributed by atoms with Gasteiger partial charge in [0, 0.05) is 31.0 Å². The van der Waals surface area contributed by atoms with Crippen LogP contribution in [-0.2, 0) is 4.79 Å². The van der Waals surface area contributed by atoms with Crippen LogP contribution >= 0.6 is 0 Å². The minimum Gasteiger partial charge on any atom is -0.340 e. The lowest BCUT2D eigenvalue weighted by atomic mass is 9.85. The molecule has 2 saturated carbocycles. The average Bonchev–Trinajstić information content (AvgIpc) is 3.31. The number of amides is 1. The molecule has 23 heavy (non-hydrogen) atoms. The number of hydrogen-bond acceptors (Lipinski definition) is 2. The first-order valence-electron chi connectivity index (χ1n) is 9.33. The molecule has 2 aliphatic carbocycles. The van der Waals surface area contributed by atoms with Crippen molar-refractivity contribution in [3.8, 4) is 0 Å². The van der Waals surface area contributed by atoms with Crippen molar-refractivity contribution < 1.29 is 4.79 Å². The Labute approximate surface area is 139 Å². The number of carbonyl (C=O) groups is 1. The first-order chi connectivity index (χ1) is 11.2. The summed E-state index contributed by atoms with van der Waals surface area (Å²) >= 11 is 0. The minimum atomic E-state index is 0.0771. The van der Waals surface area contributed by atoms with E-state index in [9.17, 15) is 4.79 Å². The molecule has 1 aromatic carbocycles. The minimum absolute atomic E-state index is 0.0771. The fraction of sp³-hybridized carbons (Fsp3) is 0.650. The van der Waals surface area contributed by atoms with E-state index in [1.54, 1.807) is 0 Å². The zero-order valence-electron chi connectivity index (χ0n) is 13.9. The van der Waals surface area contributed by atoms with E-state index in [0.29, 0.717) is 23.7 Å². The molecule has 1 aliphatic heterocycles. The van der Waals surface area contributed by atoms with Gasteiger partial charge < -0.3 is 10.6 Å². The van der Waals surface area contributed by atoms with Crippen molar-refractivity contribution in [3.05, 3.63) is 35.9 Å². The molecule has 3 heteroatoms. The van der Waals surface area contributed by atoms with Crippen molar-refractivity contribution in [3.63, 3.8) is 0 Å². The number of carbonyl (C=O) groups excluding carboxylic acids is 1. The molecule has 3 aliphatic rings. The molecule has 3 nitrogen and oxygen atoms in total. The van der Waals surface area contributed by atoms with Crippen molar-refractivity contribution in [2.45, 2.75) is 50.5 Å². The molecule has 0 radical (unpaired) electrons. The third kappa shape index (κ3) is 3.03. The lowest BCUT2D eigenvalue weighted by Crippen LogP contribution is -2.33. The zero-order valence-corrected chi connectivity index (χ0v) is 13.9. The van der Waals surface area contributed by atoms with E-state index >= 15 is 0 Å². The molecule has 2 N–H and O–H groups in total. The first-order valence-corrected chi connectivity index (χ1v) is 9.33. The third-order valence-corrected chi connectivity index (χ3v) is 6.32. The van der Waals surface area contributed by atoms with E-state index in [-0.39, 0.29) is 6.04 Å². The lowest BCUT2D eigenvalue weighted by Gasteiger charge is -2.22. The molecule has 0 aromatic heterocycles. The highest BCUT2D eigenvalue weighted by Crippen LogP contribution is 2.50. The molecule has 1 saturated heterocycles. The summed E-state index contributed by atoms with van der Waals surface area (Å²) in [5.41, 5.74) is 7.62. The molecular weight excluding hydrogens is 284 g/mol. The maximum absolute atomic E-state index is 12.9. The van der Waals surface area contributed by atoms with Crippen LogP contribution in [-0.4, -0.2) is 29.9 Å². The summed E-state index contributed by atoms with van der Waals surface area (Å²) in [7, 11) is 0. The van der Waals surface area contributed by atoms with Gasteiger partial charge >= 0.3 is 0 Å². The van der Waals surface area contributed by atoms with Crippen molar-refractivity contribution in [2.24, 2.45) is 23.5 Å². The molecule has 0 bridgehead atoms. The summed E-state index contributed by atoms with van der Waals surface area (Å²) < 4.78 is 0. The molecule has 4 rings (SSSR count). The van der Waals surface area contributed by atoms with Crippen molar-refractivity contribution >= 4 is 5.91 Å². The molecule has 1 heterocycles. The van der Waals surface area contributed by atoms with Gasteiger partial charge in [-0.25, -0.2) is 0 Å². The van der Waals surface area contributed by atoms with E-state index in [4.69, 9.17) is 5.73 Å². The Balaban J connectivity index is 1.37. The van der Waals surface area contributed by atoms with Gasteiger partial charge in [0.1, 0.15) is 0 Å². The Kier molecular flexibility index (Phi) is 4.14. The number of hydrogen-bond donors (Lipinski definition) is 1. The third-order valence-electron chi connectivity index (χ3n) is 6.32. The largest absolute Gasteiger partial charge is 0.340 e. The topological polar surface area (TPSA) is 46.3 Å². The van der Waals surface area contributed by atoms with Crippen molar-refractivity contribution in [2.75, 3.05) is 13.1 Å². The SMILES string of the molecule is N[C@@H]1CN(C(=O)C2CC2C2CCCCC2)C[C@H]1c1ccccc1. The smallest absolute Gasteiger partial charge is 0.226 e. The van der Waals surface area contributed by atoms with Crippen LogP contribution in [0.1, 0.15) is 50.0 Å². The van der Waals surface area contributed by atoms with E-state index in [1.165, 1.54) is 37.7 Å². The number of benzene rings is 1. The van der Waals surface area contributed by atoms with E-state index in [1.807, 2.05) is 6.07 Å². The summed E-state index contributed by atoms with van der Waals surface area (Å²) in [5, 5.41) is 0. The quantitative estimate of drug-likeness (QED) is 0.932. The van der Waals surface area contributed by atoms with Gasteiger partial charge in [0.25, 0.3) is 0 Å². The standard InChI is InChI=1S/C20H28N2O/c21-19-13-22(12-18(19)15-9-5-2-6-10-15)20(23)17-11-16(17)14-7-3-1-4-8-14/h2,5-6,9-10,14,16-19H,1,3-4,7-8,11-13,21H2/t16?,17?,18-,19+/m0/s1. The Morgan fingerprint density at radius 2 is 1.78 bits per heavy atom. The number of rotatable bonds is 3. The molecule has 1 amide bonds. The van der Waals surface area contributed by atoms with Crippen LogP contribution in [0.3, 0.4) is 0 Å². The van der Waals surface area contributed by atoms with Gasteiger partial charge in [-0.1, -0.05) is 62.4 Å². The molecule has 3 fully saturated rings. The molecule has 2 unspecified atom stereocenters. The normalized spacial score (nSPS) is 34.6. The van der Waals surface area contributed by atoms with E-state index < -0.39 is 0 Å². The van der Waals surface area contributed by atoms with Crippen molar-refractivity contribution in [1.82, 2.24) is 4.90 Å². The van der Waals surface area contributed by atoms with Gasteiger partial charge in [-0.3, -0.25) is 4.79 Å². The summed E-state index contributed by atoms with van der Waals surface area (Å²) in [6.07, 6.45) is 7.95. The van der Waals surface area contributed by atoms with Gasteiger partial charge in [-0.2, -0.15) is 0 Å². The Hall–Kier alpha value is -1.35. The highest BCUT2D eigenvalue weighted by molar-refractivity contribution is 5.82. The Bertz CT molecular complexity index is 552. The van der Waals surface area contributed by atoms with Crippen LogP contribution in [0.2, 0.25) is 0 Å².